The maximum absolute atomic E-state index is 11.9. The lowest BCUT2D eigenvalue weighted by Crippen LogP contribution is -2.30. The summed E-state index contributed by atoms with van der Waals surface area (Å²) in [5, 5.41) is 6.38. The van der Waals surface area contributed by atoms with Gasteiger partial charge in [-0.25, -0.2) is 0 Å². The van der Waals surface area contributed by atoms with E-state index in [0.29, 0.717) is 11.6 Å². The number of benzene rings is 1. The third-order valence-corrected chi connectivity index (χ3v) is 3.98. The van der Waals surface area contributed by atoms with Gasteiger partial charge in [0.15, 0.2) is 0 Å². The fraction of sp³-hybridized carbons (Fsp3) is 0.462. The van der Waals surface area contributed by atoms with Gasteiger partial charge in [0, 0.05) is 27.1 Å². The molecule has 1 saturated heterocycles. The number of hydrogen-bond acceptors (Lipinski definition) is 2. The first-order valence-corrected chi connectivity index (χ1v) is 7.71. The van der Waals surface area contributed by atoms with Gasteiger partial charge in [0.2, 0.25) is 0 Å². The van der Waals surface area contributed by atoms with Gasteiger partial charge in [0.1, 0.15) is 0 Å². The Bertz CT molecular complexity index is 411. The summed E-state index contributed by atoms with van der Waals surface area (Å²) in [5.74, 6) is -0.0185. The fourth-order valence-corrected chi connectivity index (χ4v) is 3.44. The summed E-state index contributed by atoms with van der Waals surface area (Å²) in [7, 11) is 0. The van der Waals surface area contributed by atoms with Crippen LogP contribution in [0.3, 0.4) is 0 Å². The van der Waals surface area contributed by atoms with Crippen LogP contribution in [0.2, 0.25) is 0 Å². The minimum Gasteiger partial charge on any atom is -0.352 e. The second kappa shape index (κ2) is 6.68. The van der Waals surface area contributed by atoms with Crippen LogP contribution in [-0.2, 0) is 0 Å². The molecule has 1 aromatic carbocycles. The Morgan fingerprint density at radius 1 is 1.33 bits per heavy atom. The molecule has 2 rings (SSSR count). The zero-order valence-electron chi connectivity index (χ0n) is 10.0. The summed E-state index contributed by atoms with van der Waals surface area (Å²) in [6.45, 7) is 1.83. The fourth-order valence-electron chi connectivity index (χ4n) is 2.15. The number of nitrogens with one attached hydrogen (secondary N) is 2. The van der Waals surface area contributed by atoms with Gasteiger partial charge in [0.05, 0.1) is 0 Å². The van der Waals surface area contributed by atoms with E-state index in [1.54, 1.807) is 0 Å². The Morgan fingerprint density at radius 3 is 2.67 bits per heavy atom. The molecule has 1 atom stereocenters. The summed E-state index contributed by atoms with van der Waals surface area (Å²) in [4.78, 5) is 11.9. The largest absolute Gasteiger partial charge is 0.352 e. The van der Waals surface area contributed by atoms with Gasteiger partial charge in [-0.05, 0) is 44.0 Å². The number of carbonyl (C=O) groups excluding carboxylic acids is 1. The van der Waals surface area contributed by atoms with Gasteiger partial charge in [0.25, 0.3) is 5.91 Å². The second-order valence-corrected chi connectivity index (χ2v) is 6.33. The van der Waals surface area contributed by atoms with Crippen LogP contribution in [0.15, 0.2) is 27.1 Å². The van der Waals surface area contributed by atoms with E-state index in [9.17, 15) is 4.79 Å². The molecular weight excluding hydrogens is 360 g/mol. The number of carbonyl (C=O) groups is 1. The molecule has 98 valence electrons. The highest BCUT2D eigenvalue weighted by Gasteiger charge is 2.14. The molecule has 1 aromatic rings. The van der Waals surface area contributed by atoms with E-state index in [2.05, 4.69) is 42.5 Å². The summed E-state index contributed by atoms with van der Waals surface area (Å²) in [5.41, 5.74) is 0.677. The maximum Gasteiger partial charge on any atom is 0.251 e. The van der Waals surface area contributed by atoms with Gasteiger partial charge >= 0.3 is 0 Å². The minimum atomic E-state index is -0.0185. The lowest BCUT2D eigenvalue weighted by Gasteiger charge is -2.11. The van der Waals surface area contributed by atoms with Crippen LogP contribution in [0.1, 0.15) is 29.6 Å². The van der Waals surface area contributed by atoms with E-state index in [1.807, 2.05) is 18.2 Å². The van der Waals surface area contributed by atoms with Gasteiger partial charge in [-0.1, -0.05) is 31.9 Å². The Morgan fingerprint density at radius 2 is 2.06 bits per heavy atom. The van der Waals surface area contributed by atoms with E-state index >= 15 is 0 Å². The smallest absolute Gasteiger partial charge is 0.251 e. The van der Waals surface area contributed by atoms with Crippen molar-refractivity contribution in [1.82, 2.24) is 10.6 Å². The molecule has 0 radical (unpaired) electrons. The molecule has 0 spiro atoms. The SMILES string of the molecule is O=C(NCCC1CCCN1)c1cc(Br)cc(Br)c1. The number of halogens is 2. The molecule has 1 amide bonds. The van der Waals surface area contributed by atoms with Crippen LogP contribution in [0.5, 0.6) is 0 Å². The van der Waals surface area contributed by atoms with Crippen molar-refractivity contribution in [2.75, 3.05) is 13.1 Å². The Kier molecular flexibility index (Phi) is 5.21. The predicted molar refractivity (Wildman–Crippen MR) is 79.8 cm³/mol. The van der Waals surface area contributed by atoms with Crippen LogP contribution >= 0.6 is 31.9 Å². The lowest BCUT2D eigenvalue weighted by atomic mass is 10.1. The van der Waals surface area contributed by atoms with Crippen LogP contribution in [-0.4, -0.2) is 25.0 Å². The molecule has 3 nitrogen and oxygen atoms in total. The molecule has 0 bridgehead atoms. The van der Waals surface area contributed by atoms with E-state index in [4.69, 9.17) is 0 Å². The first kappa shape index (κ1) is 14.0. The highest BCUT2D eigenvalue weighted by atomic mass is 79.9. The van der Waals surface area contributed by atoms with Crippen molar-refractivity contribution < 1.29 is 4.79 Å². The first-order valence-electron chi connectivity index (χ1n) is 6.13. The van der Waals surface area contributed by atoms with Crippen molar-refractivity contribution in [1.29, 1.82) is 0 Å². The normalized spacial score (nSPS) is 18.9. The van der Waals surface area contributed by atoms with Crippen LogP contribution in [0.4, 0.5) is 0 Å². The molecule has 18 heavy (non-hydrogen) atoms. The van der Waals surface area contributed by atoms with Gasteiger partial charge in [-0.3, -0.25) is 4.79 Å². The summed E-state index contributed by atoms with van der Waals surface area (Å²) in [6, 6.07) is 6.14. The Balaban J connectivity index is 1.83. The van der Waals surface area contributed by atoms with Gasteiger partial charge in [-0.2, -0.15) is 0 Å². The summed E-state index contributed by atoms with van der Waals surface area (Å²) in [6.07, 6.45) is 3.47. The third kappa shape index (κ3) is 4.07. The van der Waals surface area contributed by atoms with Gasteiger partial charge in [-0.15, -0.1) is 0 Å². The van der Waals surface area contributed by atoms with Gasteiger partial charge < -0.3 is 10.6 Å². The van der Waals surface area contributed by atoms with E-state index < -0.39 is 0 Å². The standard InChI is InChI=1S/C13H16Br2N2O/c14-10-6-9(7-11(15)8-10)13(18)17-5-3-12-2-1-4-16-12/h6-8,12,16H,1-5H2,(H,17,18). The van der Waals surface area contributed by atoms with Crippen LogP contribution < -0.4 is 10.6 Å². The predicted octanol–water partition coefficient (Wildman–Crippen LogP) is 3.08. The molecule has 0 aromatic heterocycles. The molecule has 1 heterocycles. The van der Waals surface area contributed by atoms with Crippen molar-refractivity contribution >= 4 is 37.8 Å². The number of hydrogen-bond donors (Lipinski definition) is 2. The first-order chi connectivity index (χ1) is 8.65. The zero-order chi connectivity index (χ0) is 13.0. The van der Waals surface area contributed by atoms with Crippen molar-refractivity contribution in [2.45, 2.75) is 25.3 Å². The average Bonchev–Trinajstić information content (AvgIpc) is 2.80. The van der Waals surface area contributed by atoms with Crippen LogP contribution in [0, 0.1) is 0 Å². The molecule has 0 aliphatic carbocycles. The average molecular weight is 376 g/mol. The molecule has 0 saturated carbocycles. The van der Waals surface area contributed by atoms with E-state index in [-0.39, 0.29) is 5.91 Å². The molecule has 2 N–H and O–H groups in total. The molecular formula is C13H16Br2N2O. The quantitative estimate of drug-likeness (QED) is 0.848. The van der Waals surface area contributed by atoms with Crippen molar-refractivity contribution in [3.63, 3.8) is 0 Å². The summed E-state index contributed by atoms with van der Waals surface area (Å²) < 4.78 is 1.80. The highest BCUT2D eigenvalue weighted by Crippen LogP contribution is 2.20. The van der Waals surface area contributed by atoms with Crippen molar-refractivity contribution in [3.8, 4) is 0 Å². The lowest BCUT2D eigenvalue weighted by molar-refractivity contribution is 0.0952. The molecule has 1 aliphatic rings. The highest BCUT2D eigenvalue weighted by molar-refractivity contribution is 9.11. The van der Waals surface area contributed by atoms with Crippen molar-refractivity contribution in [3.05, 3.63) is 32.7 Å². The topological polar surface area (TPSA) is 41.1 Å². The van der Waals surface area contributed by atoms with Crippen LogP contribution in [0.25, 0.3) is 0 Å². The van der Waals surface area contributed by atoms with Crippen molar-refractivity contribution in [2.24, 2.45) is 0 Å². The van der Waals surface area contributed by atoms with E-state index in [1.165, 1.54) is 12.8 Å². The Labute approximate surface area is 124 Å². The molecule has 1 fully saturated rings. The minimum absolute atomic E-state index is 0.0185. The maximum atomic E-state index is 11.9. The summed E-state index contributed by atoms with van der Waals surface area (Å²) >= 11 is 6.77. The second-order valence-electron chi connectivity index (χ2n) is 4.50. The Hall–Kier alpha value is -0.390. The van der Waals surface area contributed by atoms with E-state index in [0.717, 1.165) is 28.5 Å². The molecule has 5 heteroatoms. The molecule has 1 unspecified atom stereocenters. The monoisotopic (exact) mass is 374 g/mol. The number of amides is 1. The molecule has 1 aliphatic heterocycles. The third-order valence-electron chi connectivity index (χ3n) is 3.07. The number of rotatable bonds is 4. The zero-order valence-corrected chi connectivity index (χ0v) is 13.2.